The summed E-state index contributed by atoms with van der Waals surface area (Å²) in [5, 5.41) is 11.0. The maximum Gasteiger partial charge on any atom is 0.279 e. The van der Waals surface area contributed by atoms with Gasteiger partial charge < -0.3 is 4.57 Å². The number of hydrogen-bond acceptors (Lipinski definition) is 5. The van der Waals surface area contributed by atoms with Crippen LogP contribution in [0.4, 0.5) is 5.69 Å². The zero-order chi connectivity index (χ0) is 19.6. The molecule has 0 N–H and O–H groups in total. The van der Waals surface area contributed by atoms with E-state index in [1.165, 1.54) is 30.4 Å². The van der Waals surface area contributed by atoms with Crippen molar-refractivity contribution in [3.8, 4) is 0 Å². The first-order valence-electron chi connectivity index (χ1n) is 7.99. The van der Waals surface area contributed by atoms with Crippen LogP contribution >= 0.6 is 11.3 Å². The zero-order valence-corrected chi connectivity index (χ0v) is 15.2. The van der Waals surface area contributed by atoms with E-state index < -0.39 is 10.8 Å². The fraction of sp³-hybridized carbons (Fsp3) is 0.105. The summed E-state index contributed by atoms with van der Waals surface area (Å²) in [7, 11) is 0. The van der Waals surface area contributed by atoms with Crippen molar-refractivity contribution < 1.29 is 14.5 Å². The number of hydrogen-bond donors (Lipinski definition) is 0. The highest BCUT2D eigenvalue weighted by Gasteiger charge is 2.13. The van der Waals surface area contributed by atoms with Crippen LogP contribution in [0.2, 0.25) is 0 Å². The Morgan fingerprint density at radius 3 is 2.48 bits per heavy atom. The second-order valence-corrected chi connectivity index (χ2v) is 6.75. The van der Waals surface area contributed by atoms with Gasteiger partial charge in [-0.15, -0.1) is 6.58 Å². The van der Waals surface area contributed by atoms with Crippen LogP contribution in [0.15, 0.2) is 60.1 Å². The van der Waals surface area contributed by atoms with Crippen LogP contribution in [0.25, 0.3) is 10.2 Å². The van der Waals surface area contributed by atoms with Crippen LogP contribution in [0, 0.1) is 10.1 Å². The second-order valence-electron chi connectivity index (χ2n) is 5.74. The smallest absolute Gasteiger partial charge is 0.279 e. The summed E-state index contributed by atoms with van der Waals surface area (Å²) < 4.78 is 2.43. The number of carbonyl (C=O) groups excluding carboxylic acids is 2. The van der Waals surface area contributed by atoms with Gasteiger partial charge in [0.25, 0.3) is 11.6 Å². The van der Waals surface area contributed by atoms with Gasteiger partial charge in [-0.05, 0) is 25.1 Å². The summed E-state index contributed by atoms with van der Waals surface area (Å²) >= 11 is 1.20. The van der Waals surface area contributed by atoms with E-state index in [9.17, 15) is 19.7 Å². The molecule has 136 valence electrons. The molecule has 0 aliphatic rings. The van der Waals surface area contributed by atoms with E-state index >= 15 is 0 Å². The number of non-ortho nitro benzene ring substituents is 1. The number of carbonyl (C=O) groups is 2. The number of nitro benzene ring substituents is 1. The van der Waals surface area contributed by atoms with Crippen molar-refractivity contribution in [3.63, 3.8) is 0 Å². The molecule has 0 atom stereocenters. The molecule has 0 radical (unpaired) electrons. The molecule has 0 aliphatic heterocycles. The Bertz CT molecular complexity index is 1140. The fourth-order valence-electron chi connectivity index (χ4n) is 2.57. The Hall–Kier alpha value is -3.39. The highest BCUT2D eigenvalue weighted by Crippen LogP contribution is 2.23. The molecule has 0 unspecified atom stereocenters. The van der Waals surface area contributed by atoms with E-state index in [1.807, 2.05) is 0 Å². The van der Waals surface area contributed by atoms with E-state index in [0.29, 0.717) is 27.2 Å². The standard InChI is InChI=1S/C19H15N3O4S/c1-3-10-21-16-9-8-15(22(25)26)11-17(16)27-19(21)20-18(24)14-6-4-13(5-7-14)12(2)23/h3-9,11H,1,10H2,2H3. The Balaban J connectivity index is 2.09. The van der Waals surface area contributed by atoms with Crippen molar-refractivity contribution in [3.05, 3.63) is 81.2 Å². The minimum Gasteiger partial charge on any atom is -0.312 e. The van der Waals surface area contributed by atoms with Crippen molar-refractivity contribution in [2.75, 3.05) is 0 Å². The van der Waals surface area contributed by atoms with Gasteiger partial charge in [0.05, 0.1) is 15.1 Å². The van der Waals surface area contributed by atoms with Gasteiger partial charge >= 0.3 is 0 Å². The quantitative estimate of drug-likeness (QED) is 0.291. The van der Waals surface area contributed by atoms with Gasteiger partial charge in [-0.25, -0.2) is 0 Å². The lowest BCUT2D eigenvalue weighted by Gasteiger charge is -2.01. The molecule has 0 aliphatic carbocycles. The molecule has 0 spiro atoms. The second kappa shape index (κ2) is 7.46. The summed E-state index contributed by atoms with van der Waals surface area (Å²) in [4.78, 5) is 39.0. The largest absolute Gasteiger partial charge is 0.312 e. The van der Waals surface area contributed by atoms with Crippen LogP contribution in [0.1, 0.15) is 27.6 Å². The van der Waals surface area contributed by atoms with Crippen molar-refractivity contribution in [2.45, 2.75) is 13.5 Å². The number of nitrogens with zero attached hydrogens (tertiary/aromatic N) is 3. The van der Waals surface area contributed by atoms with Crippen LogP contribution in [-0.4, -0.2) is 21.2 Å². The van der Waals surface area contributed by atoms with E-state index in [2.05, 4.69) is 11.6 Å². The van der Waals surface area contributed by atoms with E-state index in [4.69, 9.17) is 0 Å². The Morgan fingerprint density at radius 2 is 1.89 bits per heavy atom. The van der Waals surface area contributed by atoms with Gasteiger partial charge in [-0.1, -0.05) is 29.5 Å². The normalized spacial score (nSPS) is 11.5. The van der Waals surface area contributed by atoms with Crippen LogP contribution in [0.5, 0.6) is 0 Å². The zero-order valence-electron chi connectivity index (χ0n) is 14.4. The molecule has 3 aromatic rings. The van der Waals surface area contributed by atoms with Gasteiger partial charge in [-0.2, -0.15) is 4.99 Å². The van der Waals surface area contributed by atoms with E-state index in [0.717, 1.165) is 5.52 Å². The molecule has 3 rings (SSSR count). The van der Waals surface area contributed by atoms with E-state index in [-0.39, 0.29) is 11.5 Å². The molecule has 1 aromatic heterocycles. The average Bonchev–Trinajstić information content (AvgIpc) is 2.98. The van der Waals surface area contributed by atoms with Crippen molar-refractivity contribution >= 4 is 38.9 Å². The van der Waals surface area contributed by atoms with Crippen molar-refractivity contribution in [1.29, 1.82) is 0 Å². The average molecular weight is 381 g/mol. The third kappa shape index (κ3) is 3.75. The number of Topliss-reactive ketones (excluding diaryl/α,β-unsaturated/α-hetero) is 1. The van der Waals surface area contributed by atoms with Crippen LogP contribution in [-0.2, 0) is 6.54 Å². The summed E-state index contributed by atoms with van der Waals surface area (Å²) in [5.41, 5.74) is 1.59. The molecular formula is C19H15N3O4S. The summed E-state index contributed by atoms with van der Waals surface area (Å²) in [5.74, 6) is -0.537. The maximum atomic E-state index is 12.5. The maximum absolute atomic E-state index is 12.5. The number of fused-ring (bicyclic) bond motifs is 1. The number of ketones is 1. The number of nitro groups is 1. The summed E-state index contributed by atoms with van der Waals surface area (Å²) in [6.45, 7) is 5.57. The van der Waals surface area contributed by atoms with Gasteiger partial charge in [0.2, 0.25) is 0 Å². The van der Waals surface area contributed by atoms with Crippen molar-refractivity contribution in [1.82, 2.24) is 4.57 Å². The first-order chi connectivity index (χ1) is 12.9. The molecule has 0 fully saturated rings. The molecule has 7 nitrogen and oxygen atoms in total. The summed E-state index contributed by atoms with van der Waals surface area (Å²) in [6.07, 6.45) is 1.67. The Kier molecular flexibility index (Phi) is 5.09. The SMILES string of the molecule is C=CCn1c(=NC(=O)c2ccc(C(C)=O)cc2)sc2cc([N+](=O)[O-])ccc21. The number of allylic oxidation sites excluding steroid dienone is 1. The van der Waals surface area contributed by atoms with E-state index in [1.54, 1.807) is 41.0 Å². The molecule has 1 amide bonds. The van der Waals surface area contributed by atoms with Crippen LogP contribution < -0.4 is 4.80 Å². The monoisotopic (exact) mass is 381 g/mol. The Labute approximate surface area is 158 Å². The molecule has 8 heteroatoms. The van der Waals surface area contributed by atoms with Gasteiger partial charge in [-0.3, -0.25) is 19.7 Å². The Morgan fingerprint density at radius 1 is 1.22 bits per heavy atom. The van der Waals surface area contributed by atoms with Gasteiger partial charge in [0.1, 0.15) is 0 Å². The molecular weight excluding hydrogens is 366 g/mol. The van der Waals surface area contributed by atoms with Crippen LogP contribution in [0.3, 0.4) is 0 Å². The number of amides is 1. The molecule has 0 bridgehead atoms. The van der Waals surface area contributed by atoms with Gasteiger partial charge in [0.15, 0.2) is 10.6 Å². The predicted octanol–water partition coefficient (Wildman–Crippen LogP) is 3.74. The molecule has 0 saturated carbocycles. The molecule has 0 saturated heterocycles. The lowest BCUT2D eigenvalue weighted by atomic mass is 10.1. The number of thiazole rings is 1. The lowest BCUT2D eigenvalue weighted by molar-refractivity contribution is -0.384. The number of aromatic nitrogens is 1. The molecule has 27 heavy (non-hydrogen) atoms. The van der Waals surface area contributed by atoms with Gasteiger partial charge in [0, 0.05) is 29.8 Å². The molecule has 1 heterocycles. The highest BCUT2D eigenvalue weighted by molar-refractivity contribution is 7.16. The first-order valence-corrected chi connectivity index (χ1v) is 8.81. The molecule has 2 aromatic carbocycles. The highest BCUT2D eigenvalue weighted by atomic mass is 32.1. The summed E-state index contributed by atoms with van der Waals surface area (Å²) in [6, 6.07) is 10.8. The third-order valence-electron chi connectivity index (χ3n) is 3.92. The first kappa shape index (κ1) is 18.4. The topological polar surface area (TPSA) is 94.6 Å². The fourth-order valence-corrected chi connectivity index (χ4v) is 3.64. The minimum atomic E-state index is -0.463. The minimum absolute atomic E-state index is 0.0211. The predicted molar refractivity (Wildman–Crippen MR) is 103 cm³/mol. The number of rotatable bonds is 5. The number of benzene rings is 2. The lowest BCUT2D eigenvalue weighted by Crippen LogP contribution is -2.16. The van der Waals surface area contributed by atoms with Crippen molar-refractivity contribution in [2.24, 2.45) is 4.99 Å². The third-order valence-corrected chi connectivity index (χ3v) is 4.97.